The molecule has 0 fully saturated rings. The van der Waals surface area contributed by atoms with Gasteiger partial charge in [0.15, 0.2) is 0 Å². The van der Waals surface area contributed by atoms with E-state index in [1.807, 2.05) is 67.6 Å². The summed E-state index contributed by atoms with van der Waals surface area (Å²) >= 11 is 1.32. The van der Waals surface area contributed by atoms with Crippen LogP contribution in [-0.4, -0.2) is 36.1 Å². The van der Waals surface area contributed by atoms with Gasteiger partial charge in [0.1, 0.15) is 22.5 Å². The topological polar surface area (TPSA) is 129 Å². The van der Waals surface area contributed by atoms with Crippen LogP contribution in [0.2, 0.25) is 0 Å². The molecule has 0 spiro atoms. The number of amidine groups is 1. The Kier molecular flexibility index (Phi) is 11.5. The maximum atomic E-state index is 13.7. The molecule has 0 saturated carbocycles. The van der Waals surface area contributed by atoms with Crippen molar-refractivity contribution in [3.05, 3.63) is 162 Å². The van der Waals surface area contributed by atoms with Crippen LogP contribution >= 0.6 is 11.8 Å². The van der Waals surface area contributed by atoms with E-state index < -0.39 is 17.1 Å². The molecule has 0 radical (unpaired) electrons. The van der Waals surface area contributed by atoms with E-state index in [0.717, 1.165) is 10.5 Å². The number of nitrogens with zero attached hydrogens (tertiary/aromatic N) is 2. The lowest BCUT2D eigenvalue weighted by molar-refractivity contribution is -0.119. The van der Waals surface area contributed by atoms with Gasteiger partial charge >= 0.3 is 0 Å². The highest BCUT2D eigenvalue weighted by Crippen LogP contribution is 2.36. The van der Waals surface area contributed by atoms with Crippen molar-refractivity contribution in [3.63, 3.8) is 0 Å². The smallest absolute Gasteiger partial charge is 0.272 e. The zero-order valence-corrected chi connectivity index (χ0v) is 29.0. The summed E-state index contributed by atoms with van der Waals surface area (Å²) in [5, 5.41) is 13.5. The number of hydrazone groups is 1. The Hall–Kier alpha value is -6.46. The second-order valence-corrected chi connectivity index (χ2v) is 12.7. The minimum absolute atomic E-state index is 0.0271. The Morgan fingerprint density at radius 1 is 0.808 bits per heavy atom. The highest BCUT2D eigenvalue weighted by molar-refractivity contribution is 8.00. The highest BCUT2D eigenvalue weighted by Gasteiger charge is 2.29. The van der Waals surface area contributed by atoms with Crippen LogP contribution in [0.25, 0.3) is 6.08 Å². The van der Waals surface area contributed by atoms with E-state index in [9.17, 15) is 19.2 Å². The molecular weight excluding hydrogens is 675 g/mol. The van der Waals surface area contributed by atoms with Gasteiger partial charge in [0, 0.05) is 21.7 Å². The molecule has 0 aliphatic carbocycles. The molecule has 52 heavy (non-hydrogen) atoms. The molecule has 3 N–H and O–H groups in total. The van der Waals surface area contributed by atoms with Gasteiger partial charge in [-0.05, 0) is 73.2 Å². The number of ether oxygens (including phenoxy) is 1. The van der Waals surface area contributed by atoms with Crippen LogP contribution in [0.5, 0.6) is 5.75 Å². The maximum Gasteiger partial charge on any atom is 0.272 e. The number of benzene rings is 5. The lowest BCUT2D eigenvalue weighted by atomic mass is 10.1. The number of amides is 4. The van der Waals surface area contributed by atoms with Crippen LogP contribution in [0.3, 0.4) is 0 Å². The van der Waals surface area contributed by atoms with Crippen LogP contribution in [0.15, 0.2) is 155 Å². The van der Waals surface area contributed by atoms with E-state index in [2.05, 4.69) is 21.1 Å². The molecular formula is C41H35N5O5S. The molecule has 1 atom stereocenters. The van der Waals surface area contributed by atoms with Crippen molar-refractivity contribution in [2.45, 2.75) is 23.5 Å². The van der Waals surface area contributed by atoms with Gasteiger partial charge in [-0.2, -0.15) is 10.1 Å². The Labute approximate surface area is 305 Å². The number of rotatable bonds is 12. The molecule has 5 aromatic rings. The molecule has 6 rings (SSSR count). The third kappa shape index (κ3) is 9.01. The van der Waals surface area contributed by atoms with Crippen molar-refractivity contribution in [1.82, 2.24) is 10.6 Å². The van der Waals surface area contributed by atoms with Crippen molar-refractivity contribution < 1.29 is 23.9 Å². The minimum atomic E-state index is -0.668. The average Bonchev–Trinajstić information content (AvgIpc) is 3.55. The summed E-state index contributed by atoms with van der Waals surface area (Å²) < 4.78 is 5.74. The second kappa shape index (κ2) is 17.0. The largest absolute Gasteiger partial charge is 0.493 e. The Morgan fingerprint density at radius 3 is 2.13 bits per heavy atom. The summed E-state index contributed by atoms with van der Waals surface area (Å²) in [5.74, 6) is -0.693. The minimum Gasteiger partial charge on any atom is -0.493 e. The van der Waals surface area contributed by atoms with Crippen molar-refractivity contribution in [2.75, 3.05) is 16.9 Å². The molecule has 260 valence electrons. The Morgan fingerprint density at radius 2 is 1.44 bits per heavy atom. The third-order valence-corrected chi connectivity index (χ3v) is 9.06. The number of nitrogens with one attached hydrogen (secondary N) is 3. The normalized spacial score (nSPS) is 13.2. The van der Waals surface area contributed by atoms with Gasteiger partial charge < -0.3 is 20.7 Å². The van der Waals surface area contributed by atoms with Crippen LogP contribution in [0, 0.1) is 0 Å². The monoisotopic (exact) mass is 709 g/mol. The number of para-hydroxylation sites is 2. The number of thioether (sulfide) groups is 1. The van der Waals surface area contributed by atoms with Crippen LogP contribution in [0.1, 0.15) is 40.1 Å². The van der Waals surface area contributed by atoms with Crippen molar-refractivity contribution in [2.24, 2.45) is 5.10 Å². The molecule has 1 unspecified atom stereocenters. The Balaban J connectivity index is 1.18. The molecule has 4 amide bonds. The Bertz CT molecular complexity index is 2110. The molecule has 0 bridgehead atoms. The van der Waals surface area contributed by atoms with Crippen LogP contribution < -0.4 is 25.7 Å². The van der Waals surface area contributed by atoms with Crippen molar-refractivity contribution in [3.8, 4) is 5.75 Å². The number of hydrogen-bond donors (Lipinski definition) is 3. The van der Waals surface area contributed by atoms with Gasteiger partial charge in [0.25, 0.3) is 17.7 Å². The summed E-state index contributed by atoms with van der Waals surface area (Å²) in [5.41, 5.74) is 2.92. The molecule has 1 aliphatic heterocycles. The number of carbonyl (C=O) groups is 4. The van der Waals surface area contributed by atoms with E-state index in [0.29, 0.717) is 34.9 Å². The van der Waals surface area contributed by atoms with Gasteiger partial charge in [0.05, 0.1) is 18.7 Å². The van der Waals surface area contributed by atoms with E-state index >= 15 is 0 Å². The van der Waals surface area contributed by atoms with E-state index in [4.69, 9.17) is 4.74 Å². The van der Waals surface area contributed by atoms with Crippen molar-refractivity contribution >= 4 is 58.7 Å². The summed E-state index contributed by atoms with van der Waals surface area (Å²) in [7, 11) is 0. The first-order chi connectivity index (χ1) is 25.4. The summed E-state index contributed by atoms with van der Waals surface area (Å²) in [6.07, 6.45) is 1.55. The fourth-order valence-corrected chi connectivity index (χ4v) is 6.34. The average molecular weight is 710 g/mol. The van der Waals surface area contributed by atoms with Gasteiger partial charge in [-0.3, -0.25) is 19.2 Å². The van der Waals surface area contributed by atoms with Crippen LogP contribution in [-0.2, 0) is 14.4 Å². The second-order valence-electron chi connectivity index (χ2n) is 11.5. The first-order valence-electron chi connectivity index (χ1n) is 16.6. The fraction of sp³-hybridized carbons (Fsp3) is 0.0976. The lowest BCUT2D eigenvalue weighted by Gasteiger charge is -2.17. The highest BCUT2D eigenvalue weighted by atomic mass is 32.2. The quantitative estimate of drug-likeness (QED) is 0.0929. The molecule has 1 heterocycles. The van der Waals surface area contributed by atoms with E-state index in [1.54, 1.807) is 84.9 Å². The predicted octanol–water partition coefficient (Wildman–Crippen LogP) is 7.19. The fourth-order valence-electron chi connectivity index (χ4n) is 5.31. The van der Waals surface area contributed by atoms with Gasteiger partial charge in [-0.15, -0.1) is 11.8 Å². The predicted molar refractivity (Wildman–Crippen MR) is 204 cm³/mol. The lowest BCUT2D eigenvalue weighted by Crippen LogP contribution is -2.33. The van der Waals surface area contributed by atoms with Crippen LogP contribution in [0.4, 0.5) is 11.4 Å². The molecule has 10 nitrogen and oxygen atoms in total. The number of anilines is 2. The zero-order chi connectivity index (χ0) is 36.3. The van der Waals surface area contributed by atoms with E-state index in [-0.39, 0.29) is 29.8 Å². The van der Waals surface area contributed by atoms with Crippen molar-refractivity contribution in [1.29, 1.82) is 0 Å². The van der Waals surface area contributed by atoms with E-state index in [1.165, 1.54) is 16.8 Å². The molecule has 1 aliphatic rings. The SMILES string of the molecule is CCOc1ccccc1/C=C(\NC(=O)c1ccccc1)C(=O)Nc1ccc(SC(C(=O)NC2=NN(c3ccccc3)C(=O)C2)c2ccccc2)cc1. The number of carbonyl (C=O) groups excluding carboxylic acids is 4. The molecule has 5 aromatic carbocycles. The molecule has 0 saturated heterocycles. The zero-order valence-electron chi connectivity index (χ0n) is 28.2. The standard InChI is InChI=1S/C41H35N5O5S/c1-2-51-35-21-13-12-18-30(35)26-34(43-39(48)29-16-8-4-9-17-29)40(49)42-31-22-24-33(25-23-31)52-38(28-14-6-3-7-15-28)41(50)44-36-27-37(47)46(45-36)32-19-10-5-11-20-32/h3-26,38H,2,27H2,1H3,(H,42,49)(H,43,48)(H,44,45,50)/b34-26-. The molecule has 0 aromatic heterocycles. The third-order valence-electron chi connectivity index (χ3n) is 7.80. The summed E-state index contributed by atoms with van der Waals surface area (Å²) in [6.45, 7) is 2.30. The molecule has 11 heteroatoms. The summed E-state index contributed by atoms with van der Waals surface area (Å²) in [6, 6.07) is 41.3. The summed E-state index contributed by atoms with van der Waals surface area (Å²) in [4.78, 5) is 53.9. The van der Waals surface area contributed by atoms with Gasteiger partial charge in [-0.25, -0.2) is 0 Å². The first-order valence-corrected chi connectivity index (χ1v) is 17.4. The van der Waals surface area contributed by atoms with Gasteiger partial charge in [0.2, 0.25) is 5.91 Å². The number of hydrogen-bond acceptors (Lipinski definition) is 7. The maximum absolute atomic E-state index is 13.7. The first kappa shape index (κ1) is 35.4. The van der Waals surface area contributed by atoms with Gasteiger partial charge in [-0.1, -0.05) is 84.9 Å².